The van der Waals surface area contributed by atoms with Crippen LogP contribution >= 0.6 is 0 Å². The van der Waals surface area contributed by atoms with Gasteiger partial charge in [-0.1, -0.05) is 18.2 Å². The third-order valence-electron chi connectivity index (χ3n) is 4.00. The van der Waals surface area contributed by atoms with Gasteiger partial charge in [0.05, 0.1) is 13.2 Å². The van der Waals surface area contributed by atoms with E-state index in [1.807, 2.05) is 54.6 Å². The Balaban J connectivity index is 1.58. The normalized spacial score (nSPS) is 17.3. The van der Waals surface area contributed by atoms with Crippen molar-refractivity contribution in [2.75, 3.05) is 31.7 Å². The van der Waals surface area contributed by atoms with Gasteiger partial charge in [0.2, 0.25) is 5.91 Å². The maximum Gasteiger partial charge on any atom is 0.228 e. The van der Waals surface area contributed by atoms with Crippen molar-refractivity contribution in [1.29, 1.82) is 0 Å². The minimum Gasteiger partial charge on any atom is -0.457 e. The number of para-hydroxylation sites is 1. The Hall–Kier alpha value is -2.37. The monoisotopic (exact) mass is 326 g/mol. The number of nitrogens with zero attached hydrogens (tertiary/aromatic N) is 1. The molecule has 1 aliphatic rings. The minimum absolute atomic E-state index is 0.0646. The molecule has 1 heterocycles. The van der Waals surface area contributed by atoms with Gasteiger partial charge in [-0.05, 0) is 36.4 Å². The first kappa shape index (κ1) is 16.5. The van der Waals surface area contributed by atoms with E-state index >= 15 is 0 Å². The molecule has 2 aromatic carbocycles. The Labute approximate surface area is 142 Å². The average Bonchev–Trinajstić information content (AvgIpc) is 2.63. The van der Waals surface area contributed by atoms with E-state index < -0.39 is 0 Å². The predicted molar refractivity (Wildman–Crippen MR) is 93.6 cm³/mol. The summed E-state index contributed by atoms with van der Waals surface area (Å²) in [5.74, 6) is 1.60. The van der Waals surface area contributed by atoms with Crippen molar-refractivity contribution in [3.8, 4) is 11.5 Å². The number of ether oxygens (including phenoxy) is 2. The molecule has 1 saturated heterocycles. The number of anilines is 1. The molecule has 1 N–H and O–H groups in total. The lowest BCUT2D eigenvalue weighted by Gasteiger charge is -2.25. The van der Waals surface area contributed by atoms with E-state index in [2.05, 4.69) is 5.32 Å². The zero-order chi connectivity index (χ0) is 16.8. The van der Waals surface area contributed by atoms with Crippen LogP contribution in [0.4, 0.5) is 5.69 Å². The summed E-state index contributed by atoms with van der Waals surface area (Å²) in [6.07, 6.45) is 0.429. The van der Waals surface area contributed by atoms with Gasteiger partial charge in [0.1, 0.15) is 11.5 Å². The Morgan fingerprint density at radius 2 is 1.88 bits per heavy atom. The Kier molecular flexibility index (Phi) is 5.46. The summed E-state index contributed by atoms with van der Waals surface area (Å²) in [5, 5.41) is 3.30. The summed E-state index contributed by atoms with van der Waals surface area (Å²) in [7, 11) is 1.79. The van der Waals surface area contributed by atoms with Crippen LogP contribution in [0.1, 0.15) is 6.42 Å². The van der Waals surface area contributed by atoms with Crippen molar-refractivity contribution in [3.05, 3.63) is 54.6 Å². The molecule has 0 aliphatic carbocycles. The van der Waals surface area contributed by atoms with E-state index in [9.17, 15) is 4.79 Å². The first-order chi connectivity index (χ1) is 11.7. The zero-order valence-corrected chi connectivity index (χ0v) is 13.8. The van der Waals surface area contributed by atoms with Gasteiger partial charge in [-0.15, -0.1) is 0 Å². The van der Waals surface area contributed by atoms with Gasteiger partial charge in [0, 0.05) is 31.7 Å². The molecule has 1 aliphatic heterocycles. The van der Waals surface area contributed by atoms with Gasteiger partial charge < -0.3 is 19.7 Å². The quantitative estimate of drug-likeness (QED) is 0.918. The molecule has 1 unspecified atom stereocenters. The van der Waals surface area contributed by atoms with E-state index in [-0.39, 0.29) is 11.9 Å². The summed E-state index contributed by atoms with van der Waals surface area (Å²) < 4.78 is 11.2. The van der Waals surface area contributed by atoms with E-state index in [0.717, 1.165) is 23.7 Å². The standard InChI is InChI=1S/C19H22N2O3/c1-21(19(22)13-15-14-23-12-11-20-15)16-7-9-18(10-8-16)24-17-5-3-2-4-6-17/h2-10,15,20H,11-14H2,1H3. The largest absolute Gasteiger partial charge is 0.457 e. The van der Waals surface area contributed by atoms with E-state index in [1.165, 1.54) is 0 Å². The van der Waals surface area contributed by atoms with Crippen LogP contribution in [-0.4, -0.2) is 38.8 Å². The molecular formula is C19H22N2O3. The van der Waals surface area contributed by atoms with Crippen LogP contribution in [0, 0.1) is 0 Å². The van der Waals surface area contributed by atoms with Crippen LogP contribution in [0.2, 0.25) is 0 Å². The van der Waals surface area contributed by atoms with Crippen molar-refractivity contribution in [2.45, 2.75) is 12.5 Å². The zero-order valence-electron chi connectivity index (χ0n) is 13.8. The van der Waals surface area contributed by atoms with Gasteiger partial charge >= 0.3 is 0 Å². The van der Waals surface area contributed by atoms with Gasteiger partial charge in [-0.25, -0.2) is 0 Å². The van der Waals surface area contributed by atoms with Crippen LogP contribution in [-0.2, 0) is 9.53 Å². The van der Waals surface area contributed by atoms with E-state index in [4.69, 9.17) is 9.47 Å². The summed E-state index contributed by atoms with van der Waals surface area (Å²) in [6.45, 7) is 2.10. The van der Waals surface area contributed by atoms with Crippen molar-refractivity contribution >= 4 is 11.6 Å². The van der Waals surface area contributed by atoms with Crippen LogP contribution in [0.3, 0.4) is 0 Å². The van der Waals surface area contributed by atoms with E-state index in [1.54, 1.807) is 11.9 Å². The summed E-state index contributed by atoms with van der Waals surface area (Å²) >= 11 is 0. The van der Waals surface area contributed by atoms with Gasteiger partial charge in [-0.2, -0.15) is 0 Å². The molecule has 1 amide bonds. The fourth-order valence-electron chi connectivity index (χ4n) is 2.60. The molecule has 1 fully saturated rings. The Bertz CT molecular complexity index is 652. The minimum atomic E-state index is 0.0646. The highest BCUT2D eigenvalue weighted by Crippen LogP contribution is 2.24. The summed E-state index contributed by atoms with van der Waals surface area (Å²) in [6, 6.07) is 17.2. The first-order valence-corrected chi connectivity index (χ1v) is 8.13. The molecule has 0 radical (unpaired) electrons. The maximum atomic E-state index is 12.4. The average molecular weight is 326 g/mol. The number of carbonyl (C=O) groups excluding carboxylic acids is 1. The Morgan fingerprint density at radius 3 is 2.54 bits per heavy atom. The SMILES string of the molecule is CN(C(=O)CC1COCCN1)c1ccc(Oc2ccccc2)cc1. The van der Waals surface area contributed by atoms with Gasteiger partial charge in [0.15, 0.2) is 0 Å². The smallest absolute Gasteiger partial charge is 0.228 e. The fraction of sp³-hybridized carbons (Fsp3) is 0.316. The molecule has 1 atom stereocenters. The lowest BCUT2D eigenvalue weighted by atomic mass is 10.1. The molecule has 5 nitrogen and oxygen atoms in total. The van der Waals surface area contributed by atoms with Gasteiger partial charge in [0.25, 0.3) is 0 Å². The number of benzene rings is 2. The molecular weight excluding hydrogens is 304 g/mol. The molecule has 0 spiro atoms. The van der Waals surface area contributed by atoms with Crippen molar-refractivity contribution < 1.29 is 14.3 Å². The number of hydrogen-bond acceptors (Lipinski definition) is 4. The third-order valence-corrected chi connectivity index (χ3v) is 4.00. The molecule has 0 aromatic heterocycles. The molecule has 0 saturated carbocycles. The molecule has 3 rings (SSSR count). The maximum absolute atomic E-state index is 12.4. The molecule has 0 bridgehead atoms. The number of morpholine rings is 1. The Morgan fingerprint density at radius 1 is 1.17 bits per heavy atom. The molecule has 24 heavy (non-hydrogen) atoms. The van der Waals surface area contributed by atoms with Crippen LogP contribution in [0.25, 0.3) is 0 Å². The fourth-order valence-corrected chi connectivity index (χ4v) is 2.60. The number of rotatable bonds is 5. The highest BCUT2D eigenvalue weighted by Gasteiger charge is 2.20. The summed E-state index contributed by atoms with van der Waals surface area (Å²) in [4.78, 5) is 14.1. The lowest BCUT2D eigenvalue weighted by Crippen LogP contribution is -2.44. The number of nitrogens with one attached hydrogen (secondary N) is 1. The number of hydrogen-bond donors (Lipinski definition) is 1. The lowest BCUT2D eigenvalue weighted by molar-refractivity contribution is -0.119. The molecule has 2 aromatic rings. The summed E-state index contributed by atoms with van der Waals surface area (Å²) in [5.41, 5.74) is 0.845. The van der Waals surface area contributed by atoms with Crippen LogP contribution in [0.5, 0.6) is 11.5 Å². The van der Waals surface area contributed by atoms with Crippen molar-refractivity contribution in [3.63, 3.8) is 0 Å². The second kappa shape index (κ2) is 7.95. The second-order valence-electron chi connectivity index (χ2n) is 5.79. The number of carbonyl (C=O) groups is 1. The highest BCUT2D eigenvalue weighted by atomic mass is 16.5. The van der Waals surface area contributed by atoms with Crippen molar-refractivity contribution in [2.24, 2.45) is 0 Å². The second-order valence-corrected chi connectivity index (χ2v) is 5.79. The molecule has 5 heteroatoms. The highest BCUT2D eigenvalue weighted by molar-refractivity contribution is 5.93. The molecule has 126 valence electrons. The van der Waals surface area contributed by atoms with Crippen LogP contribution in [0.15, 0.2) is 54.6 Å². The van der Waals surface area contributed by atoms with E-state index in [0.29, 0.717) is 19.6 Å². The number of amides is 1. The predicted octanol–water partition coefficient (Wildman–Crippen LogP) is 2.82. The van der Waals surface area contributed by atoms with Crippen LogP contribution < -0.4 is 15.0 Å². The third kappa shape index (κ3) is 4.34. The first-order valence-electron chi connectivity index (χ1n) is 8.13. The topological polar surface area (TPSA) is 50.8 Å². The van der Waals surface area contributed by atoms with Gasteiger partial charge in [-0.3, -0.25) is 4.79 Å². The van der Waals surface area contributed by atoms with Crippen molar-refractivity contribution in [1.82, 2.24) is 5.32 Å².